The molecule has 2 heterocycles. The van der Waals surface area contributed by atoms with Crippen LogP contribution in [0.15, 0.2) is 60.8 Å². The topological polar surface area (TPSA) is 69.0 Å². The van der Waals surface area contributed by atoms with Crippen molar-refractivity contribution in [3.05, 3.63) is 77.1 Å². The number of fused-ring (bicyclic) bond motifs is 1. The van der Waals surface area contributed by atoms with Crippen molar-refractivity contribution >= 4 is 34.2 Å². The minimum absolute atomic E-state index is 0.274. The van der Waals surface area contributed by atoms with Gasteiger partial charge in [-0.15, -0.1) is 0 Å². The molecule has 0 saturated carbocycles. The fourth-order valence-electron chi connectivity index (χ4n) is 3.05. The van der Waals surface area contributed by atoms with Crippen LogP contribution >= 0.6 is 11.6 Å². The molecule has 0 bridgehead atoms. The highest BCUT2D eigenvalue weighted by Crippen LogP contribution is 2.31. The van der Waals surface area contributed by atoms with Crippen molar-refractivity contribution in [2.45, 2.75) is 6.92 Å². The summed E-state index contributed by atoms with van der Waals surface area (Å²) in [6, 6.07) is 16.8. The van der Waals surface area contributed by atoms with Crippen molar-refractivity contribution in [2.75, 3.05) is 12.4 Å². The molecule has 0 atom stereocenters. The van der Waals surface area contributed by atoms with Crippen molar-refractivity contribution in [3.8, 4) is 11.4 Å². The summed E-state index contributed by atoms with van der Waals surface area (Å²) in [5.41, 5.74) is 3.00. The summed E-state index contributed by atoms with van der Waals surface area (Å²) in [7, 11) is 1.55. The van der Waals surface area contributed by atoms with Gasteiger partial charge in [0.1, 0.15) is 5.75 Å². The molecule has 1 amide bonds. The first-order chi connectivity index (χ1) is 13.6. The van der Waals surface area contributed by atoms with Crippen molar-refractivity contribution in [1.29, 1.82) is 0 Å². The maximum atomic E-state index is 12.8. The zero-order valence-electron chi connectivity index (χ0n) is 15.3. The lowest BCUT2D eigenvalue weighted by atomic mass is 10.2. The lowest BCUT2D eigenvalue weighted by Crippen LogP contribution is -2.14. The molecule has 140 valence electrons. The number of nitrogens with one attached hydrogen (secondary N) is 1. The van der Waals surface area contributed by atoms with Crippen LogP contribution < -0.4 is 10.1 Å². The highest BCUT2D eigenvalue weighted by molar-refractivity contribution is 6.39. The number of anilines is 1. The molecule has 4 rings (SSSR count). The van der Waals surface area contributed by atoms with Gasteiger partial charge in [0, 0.05) is 6.20 Å². The number of ether oxygens (including phenoxy) is 1. The molecule has 0 spiro atoms. The summed E-state index contributed by atoms with van der Waals surface area (Å²) in [4.78, 5) is 17.3. The van der Waals surface area contributed by atoms with Gasteiger partial charge in [-0.1, -0.05) is 41.9 Å². The van der Waals surface area contributed by atoms with Gasteiger partial charge in [0.25, 0.3) is 5.91 Å². The summed E-state index contributed by atoms with van der Waals surface area (Å²) in [5.74, 6) is 0.199. The molecule has 0 unspecified atom stereocenters. The maximum absolute atomic E-state index is 12.8. The van der Waals surface area contributed by atoms with E-state index in [1.54, 1.807) is 23.9 Å². The zero-order valence-corrected chi connectivity index (χ0v) is 16.1. The van der Waals surface area contributed by atoms with Crippen LogP contribution in [0.2, 0.25) is 5.02 Å². The average Bonchev–Trinajstić information content (AvgIpc) is 3.06. The molecule has 0 aliphatic rings. The number of rotatable bonds is 4. The van der Waals surface area contributed by atoms with E-state index in [0.717, 1.165) is 5.69 Å². The smallest absolute Gasteiger partial charge is 0.258 e. The highest BCUT2D eigenvalue weighted by Gasteiger charge is 2.20. The fraction of sp³-hybridized carbons (Fsp3) is 0.0952. The molecule has 2 aromatic carbocycles. The van der Waals surface area contributed by atoms with Gasteiger partial charge in [0.2, 0.25) is 0 Å². The predicted octanol–water partition coefficient (Wildman–Crippen LogP) is 4.64. The molecule has 0 radical (unpaired) electrons. The second kappa shape index (κ2) is 7.32. The Morgan fingerprint density at radius 2 is 1.82 bits per heavy atom. The fourth-order valence-corrected chi connectivity index (χ4v) is 3.41. The Labute approximate surface area is 166 Å². The quantitative estimate of drug-likeness (QED) is 0.549. The third-order valence-electron chi connectivity index (χ3n) is 4.41. The Bertz CT molecular complexity index is 1170. The van der Waals surface area contributed by atoms with Gasteiger partial charge >= 0.3 is 0 Å². The normalized spacial score (nSPS) is 10.8. The van der Waals surface area contributed by atoms with Crippen LogP contribution in [0.5, 0.6) is 5.75 Å². The first kappa shape index (κ1) is 18.0. The number of hydrogen-bond donors (Lipinski definition) is 1. The van der Waals surface area contributed by atoms with Crippen molar-refractivity contribution in [3.63, 3.8) is 0 Å². The van der Waals surface area contributed by atoms with Gasteiger partial charge in [-0.3, -0.25) is 4.79 Å². The van der Waals surface area contributed by atoms with Gasteiger partial charge in [0.15, 0.2) is 5.65 Å². The number of carbonyl (C=O) groups is 1. The van der Waals surface area contributed by atoms with E-state index in [4.69, 9.17) is 16.3 Å². The van der Waals surface area contributed by atoms with E-state index in [1.165, 1.54) is 6.20 Å². The van der Waals surface area contributed by atoms with Crippen LogP contribution in [-0.4, -0.2) is 27.8 Å². The monoisotopic (exact) mass is 392 g/mol. The van der Waals surface area contributed by atoms with Crippen LogP contribution in [0.4, 0.5) is 5.69 Å². The van der Waals surface area contributed by atoms with E-state index in [1.807, 2.05) is 49.4 Å². The van der Waals surface area contributed by atoms with Crippen LogP contribution in [0, 0.1) is 6.92 Å². The zero-order chi connectivity index (χ0) is 19.7. The number of benzene rings is 2. The largest absolute Gasteiger partial charge is 0.495 e. The van der Waals surface area contributed by atoms with Crippen molar-refractivity contribution in [1.82, 2.24) is 14.8 Å². The number of aryl methyl sites for hydroxylation is 1. The number of nitrogens with zero attached hydrogens (tertiary/aromatic N) is 3. The lowest BCUT2D eigenvalue weighted by molar-refractivity contribution is 0.102. The van der Waals surface area contributed by atoms with E-state index in [9.17, 15) is 4.79 Å². The molecule has 2 aromatic heterocycles. The molecule has 0 aliphatic heterocycles. The van der Waals surface area contributed by atoms with Crippen LogP contribution in [0.25, 0.3) is 16.7 Å². The molecular weight excluding hydrogens is 376 g/mol. The van der Waals surface area contributed by atoms with E-state index in [0.29, 0.717) is 33.2 Å². The molecule has 7 heteroatoms. The molecular formula is C21H17ClN4O2. The average molecular weight is 393 g/mol. The summed E-state index contributed by atoms with van der Waals surface area (Å²) in [6.07, 6.45) is 1.47. The van der Waals surface area contributed by atoms with Gasteiger partial charge in [-0.25, -0.2) is 9.67 Å². The lowest BCUT2D eigenvalue weighted by Gasteiger charge is -2.11. The van der Waals surface area contributed by atoms with Gasteiger partial charge in [0.05, 0.1) is 40.2 Å². The Morgan fingerprint density at radius 3 is 2.57 bits per heavy atom. The third kappa shape index (κ3) is 3.08. The standard InChI is InChI=1S/C21H17ClN4O2/c1-13-18-19(22)15(21(27)24-16-10-6-7-11-17(16)28-2)12-23-20(18)26(25-13)14-8-4-3-5-9-14/h3-12H,1-2H3,(H,24,27). The van der Waals surface area contributed by atoms with Crippen molar-refractivity contribution < 1.29 is 9.53 Å². The number of halogens is 1. The molecule has 0 aliphatic carbocycles. The first-order valence-electron chi connectivity index (χ1n) is 8.63. The summed E-state index contributed by atoms with van der Waals surface area (Å²) < 4.78 is 7.00. The first-order valence-corrected chi connectivity index (χ1v) is 9.01. The molecule has 1 N–H and O–H groups in total. The number of pyridine rings is 1. The number of carbonyl (C=O) groups excluding carboxylic acids is 1. The summed E-state index contributed by atoms with van der Waals surface area (Å²) in [5, 5.41) is 8.34. The molecule has 0 saturated heterocycles. The minimum atomic E-state index is -0.365. The number of para-hydroxylation sites is 3. The number of amides is 1. The SMILES string of the molecule is COc1ccccc1NC(=O)c1cnc2c(c(C)nn2-c2ccccc2)c1Cl. The molecule has 6 nitrogen and oxygen atoms in total. The second-order valence-electron chi connectivity index (χ2n) is 6.17. The summed E-state index contributed by atoms with van der Waals surface area (Å²) in [6.45, 7) is 1.84. The number of aromatic nitrogens is 3. The van der Waals surface area contributed by atoms with E-state index < -0.39 is 0 Å². The Kier molecular flexibility index (Phi) is 4.71. The van der Waals surface area contributed by atoms with Gasteiger partial charge in [-0.2, -0.15) is 5.10 Å². The Morgan fingerprint density at radius 1 is 1.11 bits per heavy atom. The van der Waals surface area contributed by atoms with E-state index in [-0.39, 0.29) is 11.5 Å². The summed E-state index contributed by atoms with van der Waals surface area (Å²) >= 11 is 6.60. The van der Waals surface area contributed by atoms with Crippen LogP contribution in [0.1, 0.15) is 16.1 Å². The highest BCUT2D eigenvalue weighted by atomic mass is 35.5. The van der Waals surface area contributed by atoms with Crippen LogP contribution in [0.3, 0.4) is 0 Å². The van der Waals surface area contributed by atoms with Gasteiger partial charge < -0.3 is 10.1 Å². The van der Waals surface area contributed by atoms with E-state index >= 15 is 0 Å². The maximum Gasteiger partial charge on any atom is 0.258 e. The molecule has 28 heavy (non-hydrogen) atoms. The molecule has 0 fully saturated rings. The van der Waals surface area contributed by atoms with Gasteiger partial charge in [-0.05, 0) is 31.2 Å². The Hall–Kier alpha value is -3.38. The molecule has 4 aromatic rings. The number of hydrogen-bond acceptors (Lipinski definition) is 4. The van der Waals surface area contributed by atoms with Crippen molar-refractivity contribution in [2.24, 2.45) is 0 Å². The Balaban J connectivity index is 1.76. The number of methoxy groups -OCH3 is 1. The second-order valence-corrected chi connectivity index (χ2v) is 6.55. The third-order valence-corrected chi connectivity index (χ3v) is 4.80. The predicted molar refractivity (Wildman–Crippen MR) is 110 cm³/mol. The van der Waals surface area contributed by atoms with E-state index in [2.05, 4.69) is 15.4 Å². The van der Waals surface area contributed by atoms with Crippen LogP contribution in [-0.2, 0) is 0 Å². The minimum Gasteiger partial charge on any atom is -0.495 e.